The van der Waals surface area contributed by atoms with E-state index >= 15 is 0 Å². The largest absolute Gasteiger partial charge is 0.483 e. The minimum atomic E-state index is -4.44. The zero-order chi connectivity index (χ0) is 18.9. The van der Waals surface area contributed by atoms with Crippen LogP contribution in [0.5, 0.6) is 5.75 Å². The number of nitrogens with one attached hydrogen (secondary N) is 2. The van der Waals surface area contributed by atoms with Crippen LogP contribution in [0.1, 0.15) is 16.8 Å². The highest BCUT2D eigenvalue weighted by molar-refractivity contribution is 5.94. The van der Waals surface area contributed by atoms with Gasteiger partial charge in [0.25, 0.3) is 5.91 Å². The second-order valence-corrected chi connectivity index (χ2v) is 6.02. The summed E-state index contributed by atoms with van der Waals surface area (Å²) >= 11 is 0. The number of anilines is 1. The first-order valence-electron chi connectivity index (χ1n) is 7.93. The van der Waals surface area contributed by atoms with Crippen LogP contribution in [0.25, 0.3) is 10.9 Å². The summed E-state index contributed by atoms with van der Waals surface area (Å²) in [5, 5.41) is 2.99. The highest BCUT2D eigenvalue weighted by Gasteiger charge is 2.32. The molecule has 0 saturated carbocycles. The molecule has 0 aliphatic heterocycles. The Labute approximate surface area is 148 Å². The first-order chi connectivity index (χ1) is 12.2. The van der Waals surface area contributed by atoms with Gasteiger partial charge in [0, 0.05) is 16.6 Å². The molecule has 0 aliphatic carbocycles. The highest BCUT2D eigenvalue weighted by Crippen LogP contribution is 2.32. The number of rotatable bonds is 4. The quantitative estimate of drug-likeness (QED) is 0.699. The molecule has 136 valence electrons. The number of hydrogen-bond acceptors (Lipinski definition) is 2. The van der Waals surface area contributed by atoms with E-state index in [0.717, 1.165) is 17.2 Å². The van der Waals surface area contributed by atoms with E-state index in [1.165, 1.54) is 18.2 Å². The standard InChI is InChI=1S/C19H17F3N2O2/c1-11-4-3-5-16(12(11)2)26-10-18(25)23-14-6-7-15-13(8-14)9-17(24-15)19(20,21)22/h3-9,24H,10H2,1-2H3,(H,23,25). The molecular formula is C19H17F3N2O2. The number of H-pyrrole nitrogens is 1. The molecule has 0 saturated heterocycles. The number of alkyl halides is 3. The van der Waals surface area contributed by atoms with Gasteiger partial charge in [-0.25, -0.2) is 0 Å². The van der Waals surface area contributed by atoms with Crippen molar-refractivity contribution in [2.45, 2.75) is 20.0 Å². The number of halogens is 3. The van der Waals surface area contributed by atoms with Crippen LogP contribution < -0.4 is 10.1 Å². The highest BCUT2D eigenvalue weighted by atomic mass is 19.4. The van der Waals surface area contributed by atoms with Crippen molar-refractivity contribution in [1.29, 1.82) is 0 Å². The number of hydrogen-bond donors (Lipinski definition) is 2. The number of aryl methyl sites for hydroxylation is 1. The van der Waals surface area contributed by atoms with E-state index in [4.69, 9.17) is 4.74 Å². The normalized spacial score (nSPS) is 11.6. The summed E-state index contributed by atoms with van der Waals surface area (Å²) in [6.07, 6.45) is -4.44. The Morgan fingerprint density at radius 2 is 1.92 bits per heavy atom. The van der Waals surface area contributed by atoms with Crippen LogP contribution in [-0.2, 0) is 11.0 Å². The Bertz CT molecular complexity index is 961. The molecule has 0 unspecified atom stereocenters. The molecule has 26 heavy (non-hydrogen) atoms. The van der Waals surface area contributed by atoms with E-state index in [-0.39, 0.29) is 6.61 Å². The summed E-state index contributed by atoms with van der Waals surface area (Å²) in [6, 6.07) is 11.1. The van der Waals surface area contributed by atoms with Crippen molar-refractivity contribution >= 4 is 22.5 Å². The lowest BCUT2D eigenvalue weighted by Gasteiger charge is -2.11. The maximum absolute atomic E-state index is 12.7. The van der Waals surface area contributed by atoms with Crippen molar-refractivity contribution in [2.75, 3.05) is 11.9 Å². The lowest BCUT2D eigenvalue weighted by Crippen LogP contribution is -2.20. The van der Waals surface area contributed by atoms with Crippen LogP contribution in [0.3, 0.4) is 0 Å². The molecule has 1 aromatic heterocycles. The third-order valence-corrected chi connectivity index (χ3v) is 4.12. The van der Waals surface area contributed by atoms with Gasteiger partial charge in [0.2, 0.25) is 0 Å². The first kappa shape index (κ1) is 17.8. The molecule has 2 aromatic carbocycles. The van der Waals surface area contributed by atoms with Crippen molar-refractivity contribution in [3.8, 4) is 5.75 Å². The summed E-state index contributed by atoms with van der Waals surface area (Å²) in [6.45, 7) is 3.66. The SMILES string of the molecule is Cc1cccc(OCC(=O)Nc2ccc3[nH]c(C(F)(F)F)cc3c2)c1C. The minimum absolute atomic E-state index is 0.191. The topological polar surface area (TPSA) is 54.1 Å². The average Bonchev–Trinajstić information content (AvgIpc) is 3.00. The summed E-state index contributed by atoms with van der Waals surface area (Å²) in [7, 11) is 0. The zero-order valence-corrected chi connectivity index (χ0v) is 14.2. The molecular weight excluding hydrogens is 345 g/mol. The monoisotopic (exact) mass is 362 g/mol. The second kappa shape index (κ2) is 6.74. The number of aromatic amines is 1. The molecule has 4 nitrogen and oxygen atoms in total. The van der Waals surface area contributed by atoms with Gasteiger partial charge in [-0.15, -0.1) is 0 Å². The fourth-order valence-electron chi connectivity index (χ4n) is 2.58. The molecule has 0 fully saturated rings. The number of carbonyl (C=O) groups is 1. The van der Waals surface area contributed by atoms with Gasteiger partial charge in [-0.1, -0.05) is 12.1 Å². The summed E-state index contributed by atoms with van der Waals surface area (Å²) in [4.78, 5) is 14.4. The van der Waals surface area contributed by atoms with Crippen LogP contribution in [-0.4, -0.2) is 17.5 Å². The molecule has 1 amide bonds. The number of benzene rings is 2. The maximum atomic E-state index is 12.7. The fourth-order valence-corrected chi connectivity index (χ4v) is 2.58. The summed E-state index contributed by atoms with van der Waals surface area (Å²) in [5.41, 5.74) is 1.94. The van der Waals surface area contributed by atoms with Crippen molar-refractivity contribution in [3.63, 3.8) is 0 Å². The molecule has 3 aromatic rings. The zero-order valence-electron chi connectivity index (χ0n) is 14.2. The van der Waals surface area contributed by atoms with Crippen LogP contribution in [0, 0.1) is 13.8 Å². The summed E-state index contributed by atoms with van der Waals surface area (Å²) in [5.74, 6) is 0.230. The van der Waals surface area contributed by atoms with E-state index in [0.29, 0.717) is 22.3 Å². The number of ether oxygens (including phenoxy) is 1. The van der Waals surface area contributed by atoms with E-state index < -0.39 is 17.8 Å². The third-order valence-electron chi connectivity index (χ3n) is 4.12. The number of aromatic nitrogens is 1. The van der Waals surface area contributed by atoms with Gasteiger partial charge < -0.3 is 15.0 Å². The van der Waals surface area contributed by atoms with E-state index in [1.807, 2.05) is 26.0 Å². The Morgan fingerprint density at radius 1 is 1.15 bits per heavy atom. The summed E-state index contributed by atoms with van der Waals surface area (Å²) < 4.78 is 43.7. The smallest absolute Gasteiger partial charge is 0.431 e. The van der Waals surface area contributed by atoms with E-state index in [9.17, 15) is 18.0 Å². The molecule has 0 aliphatic rings. The fraction of sp³-hybridized carbons (Fsp3) is 0.211. The van der Waals surface area contributed by atoms with Crippen LogP contribution in [0.2, 0.25) is 0 Å². The molecule has 0 atom stereocenters. The Kier molecular flexibility index (Phi) is 4.63. The molecule has 2 N–H and O–H groups in total. The minimum Gasteiger partial charge on any atom is -0.483 e. The van der Waals surface area contributed by atoms with Gasteiger partial charge in [-0.2, -0.15) is 13.2 Å². The van der Waals surface area contributed by atoms with Gasteiger partial charge >= 0.3 is 6.18 Å². The van der Waals surface area contributed by atoms with Crippen molar-refractivity contribution in [1.82, 2.24) is 4.98 Å². The predicted octanol–water partition coefficient (Wildman–Crippen LogP) is 4.82. The van der Waals surface area contributed by atoms with Gasteiger partial charge in [0.1, 0.15) is 11.4 Å². The maximum Gasteiger partial charge on any atom is 0.431 e. The molecule has 0 bridgehead atoms. The van der Waals surface area contributed by atoms with Gasteiger partial charge in [-0.3, -0.25) is 4.79 Å². The molecule has 0 spiro atoms. The van der Waals surface area contributed by atoms with Gasteiger partial charge in [0.05, 0.1) is 0 Å². The Balaban J connectivity index is 1.68. The number of carbonyl (C=O) groups excluding carboxylic acids is 1. The average molecular weight is 362 g/mol. The van der Waals surface area contributed by atoms with Crippen LogP contribution >= 0.6 is 0 Å². The van der Waals surface area contributed by atoms with Crippen molar-refractivity contribution in [2.24, 2.45) is 0 Å². The van der Waals surface area contributed by atoms with Gasteiger partial charge in [-0.05, 0) is 55.3 Å². The number of fused-ring (bicyclic) bond motifs is 1. The van der Waals surface area contributed by atoms with Crippen molar-refractivity contribution < 1.29 is 22.7 Å². The molecule has 1 heterocycles. The lowest BCUT2D eigenvalue weighted by atomic mass is 10.1. The lowest BCUT2D eigenvalue weighted by molar-refractivity contribution is -0.140. The Morgan fingerprint density at radius 3 is 2.65 bits per heavy atom. The molecule has 7 heteroatoms. The van der Waals surface area contributed by atoms with Crippen molar-refractivity contribution in [3.05, 3.63) is 59.3 Å². The van der Waals surface area contributed by atoms with Gasteiger partial charge in [0.15, 0.2) is 6.61 Å². The second-order valence-electron chi connectivity index (χ2n) is 6.02. The van der Waals surface area contributed by atoms with E-state index in [2.05, 4.69) is 10.3 Å². The van der Waals surface area contributed by atoms with E-state index in [1.54, 1.807) is 6.07 Å². The first-order valence-corrected chi connectivity index (χ1v) is 7.93. The third kappa shape index (κ3) is 3.82. The van der Waals surface area contributed by atoms with Crippen LogP contribution in [0.4, 0.5) is 18.9 Å². The molecule has 0 radical (unpaired) electrons. The predicted molar refractivity (Wildman–Crippen MR) is 93.3 cm³/mol. The van der Waals surface area contributed by atoms with Crippen LogP contribution in [0.15, 0.2) is 42.5 Å². The Hall–Kier alpha value is -2.96. The number of amides is 1. The molecule has 3 rings (SSSR count).